The van der Waals surface area contributed by atoms with Crippen LogP contribution in [0.3, 0.4) is 0 Å². The molecule has 0 saturated carbocycles. The predicted molar refractivity (Wildman–Crippen MR) is 121 cm³/mol. The Bertz CT molecular complexity index is 1510. The molecule has 3 aromatic heterocycles. The van der Waals surface area contributed by atoms with Gasteiger partial charge in [-0.3, -0.25) is 9.36 Å². The number of hydrogen-bond acceptors (Lipinski definition) is 6. The van der Waals surface area contributed by atoms with Crippen LogP contribution in [0.4, 0.5) is 0 Å². The molecule has 0 aliphatic carbocycles. The Balaban J connectivity index is 1.61. The van der Waals surface area contributed by atoms with Crippen LogP contribution in [0.15, 0.2) is 69.2 Å². The van der Waals surface area contributed by atoms with Gasteiger partial charge < -0.3 is 9.15 Å². The van der Waals surface area contributed by atoms with Crippen molar-refractivity contribution >= 4 is 38.3 Å². The Kier molecular flexibility index (Phi) is 4.67. The van der Waals surface area contributed by atoms with Crippen LogP contribution in [-0.2, 0) is 11.3 Å². The Morgan fingerprint density at radius 3 is 2.74 bits per heavy atom. The zero-order valence-electron chi connectivity index (χ0n) is 16.9. The zero-order chi connectivity index (χ0) is 21.5. The van der Waals surface area contributed by atoms with Crippen molar-refractivity contribution in [1.29, 1.82) is 0 Å². The topological polar surface area (TPSA) is 74.3 Å². The molecule has 0 saturated heterocycles. The van der Waals surface area contributed by atoms with E-state index < -0.39 is 5.97 Å². The molecule has 5 aromatic rings. The van der Waals surface area contributed by atoms with E-state index in [1.54, 1.807) is 23.6 Å². The molecule has 3 heterocycles. The van der Waals surface area contributed by atoms with Gasteiger partial charge in [-0.05, 0) is 41.5 Å². The van der Waals surface area contributed by atoms with Crippen molar-refractivity contribution in [3.8, 4) is 11.1 Å². The van der Waals surface area contributed by atoms with Crippen LogP contribution >= 0.6 is 11.3 Å². The summed E-state index contributed by atoms with van der Waals surface area (Å²) in [6.07, 6.45) is 0. The monoisotopic (exact) mass is 430 g/mol. The van der Waals surface area contributed by atoms with Crippen molar-refractivity contribution in [3.63, 3.8) is 0 Å². The van der Waals surface area contributed by atoms with Crippen molar-refractivity contribution < 1.29 is 13.9 Å². The van der Waals surface area contributed by atoms with Crippen LogP contribution in [-0.4, -0.2) is 22.6 Å². The molecule has 154 valence electrons. The van der Waals surface area contributed by atoms with Crippen LogP contribution in [0.1, 0.15) is 22.1 Å². The van der Waals surface area contributed by atoms with E-state index in [-0.39, 0.29) is 17.9 Å². The molecule has 0 fully saturated rings. The minimum atomic E-state index is -0.555. The Morgan fingerprint density at radius 2 is 1.94 bits per heavy atom. The molecular formula is C24H18N2O4S. The summed E-state index contributed by atoms with van der Waals surface area (Å²) in [7, 11) is 1.29. The van der Waals surface area contributed by atoms with E-state index in [0.717, 1.165) is 21.9 Å². The second-order valence-corrected chi connectivity index (χ2v) is 8.06. The Hall–Kier alpha value is -3.71. The molecule has 0 radical (unpaired) electrons. The smallest absolute Gasteiger partial charge is 0.373 e. The number of aryl methyl sites for hydroxylation is 1. The van der Waals surface area contributed by atoms with E-state index in [9.17, 15) is 9.59 Å². The molecule has 0 unspecified atom stereocenters. The van der Waals surface area contributed by atoms with E-state index in [1.165, 1.54) is 18.4 Å². The fourth-order valence-electron chi connectivity index (χ4n) is 3.71. The van der Waals surface area contributed by atoms with Gasteiger partial charge in [0.2, 0.25) is 5.76 Å². The number of fused-ring (bicyclic) bond motifs is 2. The van der Waals surface area contributed by atoms with Gasteiger partial charge in [0.05, 0.1) is 19.0 Å². The first-order valence-electron chi connectivity index (χ1n) is 9.70. The van der Waals surface area contributed by atoms with Crippen LogP contribution < -0.4 is 5.56 Å². The molecule has 0 aliphatic heterocycles. The van der Waals surface area contributed by atoms with Gasteiger partial charge in [-0.1, -0.05) is 36.4 Å². The number of furan rings is 1. The van der Waals surface area contributed by atoms with Crippen LogP contribution in [0, 0.1) is 6.92 Å². The van der Waals surface area contributed by atoms with Gasteiger partial charge in [0.1, 0.15) is 16.4 Å². The number of carbonyl (C=O) groups is 1. The molecule has 31 heavy (non-hydrogen) atoms. The number of thiophene rings is 1. The minimum absolute atomic E-state index is 0.102. The summed E-state index contributed by atoms with van der Waals surface area (Å²) in [6.45, 7) is 1.97. The first kappa shape index (κ1) is 19.3. The van der Waals surface area contributed by atoms with E-state index >= 15 is 0 Å². The van der Waals surface area contributed by atoms with Gasteiger partial charge in [0.15, 0.2) is 0 Å². The molecule has 0 N–H and O–H groups in total. The van der Waals surface area contributed by atoms with Crippen molar-refractivity contribution in [3.05, 3.63) is 87.7 Å². The number of rotatable bonds is 4. The highest BCUT2D eigenvalue weighted by Crippen LogP contribution is 2.33. The lowest BCUT2D eigenvalue weighted by atomic mass is 10.0. The summed E-state index contributed by atoms with van der Waals surface area (Å²) in [5.74, 6) is 0.611. The molecular weight excluding hydrogens is 412 g/mol. The normalized spacial score (nSPS) is 11.3. The third-order valence-electron chi connectivity index (χ3n) is 5.31. The summed E-state index contributed by atoms with van der Waals surface area (Å²) in [6, 6.07) is 17.5. The first-order valence-corrected chi connectivity index (χ1v) is 10.6. The SMILES string of the molecule is COC(=O)c1ccc(Cn2c(C)nc3scc(-c4ccc5ccccc5c4)c3c2=O)o1. The molecule has 0 bridgehead atoms. The minimum Gasteiger partial charge on any atom is -0.463 e. The second kappa shape index (κ2) is 7.52. The number of nitrogens with zero attached hydrogens (tertiary/aromatic N) is 2. The maximum atomic E-state index is 13.5. The number of esters is 1. The number of ether oxygens (including phenoxy) is 1. The standard InChI is InChI=1S/C24H18N2O4S/c1-14-25-22-21(23(27)26(14)12-18-9-10-20(30-18)24(28)29-2)19(13-31-22)17-8-7-15-5-3-4-6-16(15)11-17/h3-11,13H,12H2,1-2H3. The lowest BCUT2D eigenvalue weighted by Gasteiger charge is -2.09. The number of benzene rings is 2. The highest BCUT2D eigenvalue weighted by Gasteiger charge is 2.18. The van der Waals surface area contributed by atoms with E-state index in [4.69, 9.17) is 4.42 Å². The number of aromatic nitrogens is 2. The summed E-state index contributed by atoms with van der Waals surface area (Å²) < 4.78 is 11.8. The average molecular weight is 430 g/mol. The first-order chi connectivity index (χ1) is 15.0. The van der Waals surface area contributed by atoms with Gasteiger partial charge in [0, 0.05) is 10.9 Å². The third-order valence-corrected chi connectivity index (χ3v) is 6.18. The summed E-state index contributed by atoms with van der Waals surface area (Å²) in [5, 5.41) is 4.84. The van der Waals surface area contributed by atoms with Crippen LogP contribution in [0.25, 0.3) is 32.1 Å². The molecule has 0 amide bonds. The molecule has 0 aliphatic rings. The van der Waals surface area contributed by atoms with E-state index in [0.29, 0.717) is 21.8 Å². The molecule has 0 atom stereocenters. The maximum absolute atomic E-state index is 13.5. The fourth-order valence-corrected chi connectivity index (χ4v) is 4.69. The maximum Gasteiger partial charge on any atom is 0.373 e. The largest absolute Gasteiger partial charge is 0.463 e. The summed E-state index contributed by atoms with van der Waals surface area (Å²) in [4.78, 5) is 30.5. The van der Waals surface area contributed by atoms with Gasteiger partial charge in [-0.25, -0.2) is 9.78 Å². The van der Waals surface area contributed by atoms with Crippen molar-refractivity contribution in [2.24, 2.45) is 0 Å². The van der Waals surface area contributed by atoms with Crippen LogP contribution in [0.2, 0.25) is 0 Å². The lowest BCUT2D eigenvalue weighted by Crippen LogP contribution is -2.24. The molecule has 7 heteroatoms. The quantitative estimate of drug-likeness (QED) is 0.375. The molecule has 5 rings (SSSR count). The second-order valence-electron chi connectivity index (χ2n) is 7.20. The summed E-state index contributed by atoms with van der Waals surface area (Å²) in [5.41, 5.74) is 1.71. The summed E-state index contributed by atoms with van der Waals surface area (Å²) >= 11 is 1.46. The van der Waals surface area contributed by atoms with Crippen LogP contribution in [0.5, 0.6) is 0 Å². The Morgan fingerprint density at radius 1 is 1.13 bits per heavy atom. The van der Waals surface area contributed by atoms with E-state index in [2.05, 4.69) is 34.0 Å². The third kappa shape index (κ3) is 3.33. The van der Waals surface area contributed by atoms with Crippen molar-refractivity contribution in [2.45, 2.75) is 13.5 Å². The number of carbonyl (C=O) groups excluding carboxylic acids is 1. The van der Waals surface area contributed by atoms with Gasteiger partial charge in [-0.2, -0.15) is 0 Å². The molecule has 6 nitrogen and oxygen atoms in total. The number of hydrogen-bond donors (Lipinski definition) is 0. The zero-order valence-corrected chi connectivity index (χ0v) is 17.7. The lowest BCUT2D eigenvalue weighted by molar-refractivity contribution is 0.0563. The predicted octanol–water partition coefficient (Wildman–Crippen LogP) is 5.01. The Labute approximate surface area is 181 Å². The highest BCUT2D eigenvalue weighted by molar-refractivity contribution is 7.17. The van der Waals surface area contributed by atoms with Gasteiger partial charge in [-0.15, -0.1) is 11.3 Å². The fraction of sp³-hybridized carbons (Fsp3) is 0.125. The molecule has 2 aromatic carbocycles. The highest BCUT2D eigenvalue weighted by atomic mass is 32.1. The van der Waals surface area contributed by atoms with Gasteiger partial charge in [0.25, 0.3) is 5.56 Å². The number of methoxy groups -OCH3 is 1. The van der Waals surface area contributed by atoms with Crippen molar-refractivity contribution in [1.82, 2.24) is 9.55 Å². The molecule has 0 spiro atoms. The van der Waals surface area contributed by atoms with E-state index in [1.807, 2.05) is 23.6 Å². The van der Waals surface area contributed by atoms with Crippen molar-refractivity contribution in [2.75, 3.05) is 7.11 Å². The van der Waals surface area contributed by atoms with Gasteiger partial charge >= 0.3 is 5.97 Å². The average Bonchev–Trinajstić information content (AvgIpc) is 3.43.